The SMILES string of the molecule is CNC(=O)C1COCCN1c1cc(N)ccc1C. The third-order valence-corrected chi connectivity index (χ3v) is 3.22. The normalized spacial score (nSPS) is 19.7. The number of carbonyl (C=O) groups is 1. The summed E-state index contributed by atoms with van der Waals surface area (Å²) in [5.74, 6) is -0.0310. The Morgan fingerprint density at radius 3 is 3.06 bits per heavy atom. The van der Waals surface area contributed by atoms with Gasteiger partial charge in [-0.1, -0.05) is 6.07 Å². The van der Waals surface area contributed by atoms with E-state index in [4.69, 9.17) is 10.5 Å². The van der Waals surface area contributed by atoms with Crippen molar-refractivity contribution in [3.63, 3.8) is 0 Å². The summed E-state index contributed by atoms with van der Waals surface area (Å²) in [6.45, 7) is 3.75. The largest absolute Gasteiger partial charge is 0.399 e. The summed E-state index contributed by atoms with van der Waals surface area (Å²) in [4.78, 5) is 13.9. The number of nitrogens with zero attached hydrogens (tertiary/aromatic N) is 1. The number of benzene rings is 1. The standard InChI is InChI=1S/C13H19N3O2/c1-9-3-4-10(14)7-11(9)16-5-6-18-8-12(16)13(17)15-2/h3-4,7,12H,5-6,8,14H2,1-2H3,(H,15,17). The van der Waals surface area contributed by atoms with Crippen LogP contribution < -0.4 is 16.0 Å². The first-order valence-corrected chi connectivity index (χ1v) is 6.05. The molecule has 0 aliphatic carbocycles. The molecule has 2 rings (SSSR count). The van der Waals surface area contributed by atoms with E-state index in [0.717, 1.165) is 11.3 Å². The van der Waals surface area contributed by atoms with Crippen LogP contribution in [0.15, 0.2) is 18.2 Å². The van der Waals surface area contributed by atoms with Crippen LogP contribution >= 0.6 is 0 Å². The summed E-state index contributed by atoms with van der Waals surface area (Å²) in [6, 6.07) is 5.47. The van der Waals surface area contributed by atoms with Crippen molar-refractivity contribution in [2.75, 3.05) is 37.4 Å². The second-order valence-corrected chi connectivity index (χ2v) is 4.44. The first-order chi connectivity index (χ1) is 8.63. The van der Waals surface area contributed by atoms with Crippen molar-refractivity contribution in [1.29, 1.82) is 0 Å². The summed E-state index contributed by atoms with van der Waals surface area (Å²) in [6.07, 6.45) is 0. The maximum atomic E-state index is 11.9. The zero-order valence-electron chi connectivity index (χ0n) is 10.8. The minimum atomic E-state index is -0.288. The number of nitrogens with one attached hydrogen (secondary N) is 1. The minimum Gasteiger partial charge on any atom is -0.399 e. The van der Waals surface area contributed by atoms with Gasteiger partial charge in [0.1, 0.15) is 6.04 Å². The molecule has 0 bridgehead atoms. The zero-order chi connectivity index (χ0) is 13.1. The van der Waals surface area contributed by atoms with Crippen LogP contribution in [0.4, 0.5) is 11.4 Å². The number of rotatable bonds is 2. The molecule has 1 aliphatic heterocycles. The van der Waals surface area contributed by atoms with E-state index < -0.39 is 0 Å². The van der Waals surface area contributed by atoms with Crippen molar-refractivity contribution in [2.45, 2.75) is 13.0 Å². The fourth-order valence-corrected chi connectivity index (χ4v) is 2.21. The van der Waals surface area contributed by atoms with Gasteiger partial charge in [0.2, 0.25) is 5.91 Å². The smallest absolute Gasteiger partial charge is 0.244 e. The monoisotopic (exact) mass is 249 g/mol. The highest BCUT2D eigenvalue weighted by Gasteiger charge is 2.29. The van der Waals surface area contributed by atoms with Crippen LogP contribution in [0.1, 0.15) is 5.56 Å². The van der Waals surface area contributed by atoms with E-state index in [1.165, 1.54) is 0 Å². The Morgan fingerprint density at radius 1 is 1.56 bits per heavy atom. The number of hydrogen-bond donors (Lipinski definition) is 2. The average Bonchev–Trinajstić information content (AvgIpc) is 2.40. The number of carbonyl (C=O) groups excluding carboxylic acids is 1. The summed E-state index contributed by atoms with van der Waals surface area (Å²) in [5, 5.41) is 2.68. The Hall–Kier alpha value is -1.75. The predicted octanol–water partition coefficient (Wildman–Crippen LogP) is 0.528. The first kappa shape index (κ1) is 12.7. The van der Waals surface area contributed by atoms with Crippen LogP contribution in [0.25, 0.3) is 0 Å². The lowest BCUT2D eigenvalue weighted by atomic mass is 10.1. The lowest BCUT2D eigenvalue weighted by Crippen LogP contribution is -2.53. The zero-order valence-corrected chi connectivity index (χ0v) is 10.8. The van der Waals surface area contributed by atoms with Crippen molar-refractivity contribution in [3.8, 4) is 0 Å². The third-order valence-electron chi connectivity index (χ3n) is 3.22. The fraction of sp³-hybridized carbons (Fsp3) is 0.462. The minimum absolute atomic E-state index is 0.0310. The fourth-order valence-electron chi connectivity index (χ4n) is 2.21. The number of amides is 1. The first-order valence-electron chi connectivity index (χ1n) is 6.05. The molecule has 0 radical (unpaired) electrons. The number of nitrogen functional groups attached to an aromatic ring is 1. The van der Waals surface area contributed by atoms with E-state index in [1.807, 2.05) is 25.1 Å². The third kappa shape index (κ3) is 2.41. The van der Waals surface area contributed by atoms with Gasteiger partial charge >= 0.3 is 0 Å². The van der Waals surface area contributed by atoms with Gasteiger partial charge in [0.05, 0.1) is 13.2 Å². The molecule has 1 aromatic rings. The quantitative estimate of drug-likeness (QED) is 0.750. The number of ether oxygens (including phenoxy) is 1. The van der Waals surface area contributed by atoms with Crippen molar-refractivity contribution in [2.24, 2.45) is 0 Å². The molecular weight excluding hydrogens is 230 g/mol. The molecule has 98 valence electrons. The highest BCUT2D eigenvalue weighted by atomic mass is 16.5. The number of anilines is 2. The van der Waals surface area contributed by atoms with Crippen LogP contribution in [0, 0.1) is 6.92 Å². The molecule has 1 heterocycles. The van der Waals surface area contributed by atoms with Gasteiger partial charge in [0, 0.05) is 25.0 Å². The van der Waals surface area contributed by atoms with Crippen LogP contribution in [0.5, 0.6) is 0 Å². The summed E-state index contributed by atoms with van der Waals surface area (Å²) in [7, 11) is 1.64. The van der Waals surface area contributed by atoms with Crippen molar-refractivity contribution in [3.05, 3.63) is 23.8 Å². The number of aryl methyl sites for hydroxylation is 1. The molecule has 5 heteroatoms. The average molecular weight is 249 g/mol. The summed E-state index contributed by atoms with van der Waals surface area (Å²) in [5.41, 5.74) is 8.65. The molecule has 1 aliphatic rings. The van der Waals surface area contributed by atoms with E-state index in [-0.39, 0.29) is 11.9 Å². The highest BCUT2D eigenvalue weighted by molar-refractivity contribution is 5.86. The van der Waals surface area contributed by atoms with Crippen LogP contribution in [-0.4, -0.2) is 38.8 Å². The lowest BCUT2D eigenvalue weighted by Gasteiger charge is -2.37. The van der Waals surface area contributed by atoms with Crippen LogP contribution in [-0.2, 0) is 9.53 Å². The van der Waals surface area contributed by atoms with Gasteiger partial charge < -0.3 is 20.7 Å². The van der Waals surface area contributed by atoms with E-state index in [1.54, 1.807) is 7.05 Å². The number of likely N-dealkylation sites (N-methyl/N-ethyl adjacent to an activating group) is 1. The van der Waals surface area contributed by atoms with Crippen LogP contribution in [0.2, 0.25) is 0 Å². The van der Waals surface area contributed by atoms with Gasteiger partial charge in [0.25, 0.3) is 0 Å². The molecule has 0 spiro atoms. The maximum absolute atomic E-state index is 11.9. The van der Waals surface area contributed by atoms with Gasteiger partial charge in [-0.25, -0.2) is 0 Å². The maximum Gasteiger partial charge on any atom is 0.244 e. The van der Waals surface area contributed by atoms with E-state index >= 15 is 0 Å². The number of hydrogen-bond acceptors (Lipinski definition) is 4. The Labute approximate surface area is 107 Å². The van der Waals surface area contributed by atoms with Gasteiger partial charge in [-0.3, -0.25) is 4.79 Å². The van der Waals surface area contributed by atoms with Crippen molar-refractivity contribution < 1.29 is 9.53 Å². The molecule has 1 amide bonds. The molecule has 3 N–H and O–H groups in total. The molecule has 5 nitrogen and oxygen atoms in total. The number of nitrogens with two attached hydrogens (primary N) is 1. The molecule has 1 fully saturated rings. The Balaban J connectivity index is 2.33. The van der Waals surface area contributed by atoms with Crippen molar-refractivity contribution >= 4 is 17.3 Å². The predicted molar refractivity (Wildman–Crippen MR) is 71.6 cm³/mol. The molecule has 1 saturated heterocycles. The second-order valence-electron chi connectivity index (χ2n) is 4.44. The van der Waals surface area contributed by atoms with E-state index in [2.05, 4.69) is 10.2 Å². The van der Waals surface area contributed by atoms with E-state index in [9.17, 15) is 4.79 Å². The van der Waals surface area contributed by atoms with Gasteiger partial charge in [0.15, 0.2) is 0 Å². The lowest BCUT2D eigenvalue weighted by molar-refractivity contribution is -0.124. The summed E-state index contributed by atoms with van der Waals surface area (Å²) >= 11 is 0. The number of morpholine rings is 1. The highest BCUT2D eigenvalue weighted by Crippen LogP contribution is 2.26. The molecule has 0 aromatic heterocycles. The van der Waals surface area contributed by atoms with Crippen LogP contribution in [0.3, 0.4) is 0 Å². The molecule has 1 aromatic carbocycles. The molecule has 18 heavy (non-hydrogen) atoms. The van der Waals surface area contributed by atoms with Crippen molar-refractivity contribution in [1.82, 2.24) is 5.32 Å². The summed E-state index contributed by atoms with van der Waals surface area (Å²) < 4.78 is 5.39. The van der Waals surface area contributed by atoms with E-state index in [0.29, 0.717) is 25.4 Å². The molecule has 0 saturated carbocycles. The molecule has 1 unspecified atom stereocenters. The Morgan fingerprint density at radius 2 is 2.33 bits per heavy atom. The molecular formula is C13H19N3O2. The topological polar surface area (TPSA) is 67.6 Å². The Kier molecular flexibility index (Phi) is 3.72. The van der Waals surface area contributed by atoms with Gasteiger partial charge in [-0.2, -0.15) is 0 Å². The molecule has 1 atom stereocenters. The van der Waals surface area contributed by atoms with Gasteiger partial charge in [-0.05, 0) is 24.6 Å². The van der Waals surface area contributed by atoms with Gasteiger partial charge in [-0.15, -0.1) is 0 Å². The Bertz CT molecular complexity index is 448. The second kappa shape index (κ2) is 5.27.